The van der Waals surface area contributed by atoms with E-state index >= 15 is 0 Å². The topological polar surface area (TPSA) is 83.7 Å². The van der Waals surface area contributed by atoms with E-state index in [0.29, 0.717) is 32.6 Å². The number of hydrogen-bond donors (Lipinski definition) is 1. The molecule has 1 saturated heterocycles. The van der Waals surface area contributed by atoms with Crippen molar-refractivity contribution in [2.75, 3.05) is 32.4 Å². The first-order valence-electron chi connectivity index (χ1n) is 7.74. The van der Waals surface area contributed by atoms with Crippen molar-refractivity contribution in [3.8, 4) is 0 Å². The summed E-state index contributed by atoms with van der Waals surface area (Å²) in [5.41, 5.74) is 5.88. The van der Waals surface area contributed by atoms with Gasteiger partial charge in [-0.3, -0.25) is 4.79 Å². The molecule has 2 atom stereocenters. The van der Waals surface area contributed by atoms with Crippen molar-refractivity contribution in [3.63, 3.8) is 0 Å². The highest BCUT2D eigenvalue weighted by Crippen LogP contribution is 2.33. The molecule has 1 aliphatic carbocycles. The molecule has 1 saturated carbocycles. The van der Waals surface area contributed by atoms with Crippen LogP contribution in [0.3, 0.4) is 0 Å². The first-order chi connectivity index (χ1) is 9.72. The van der Waals surface area contributed by atoms with Gasteiger partial charge in [-0.15, -0.1) is 0 Å². The van der Waals surface area contributed by atoms with E-state index in [9.17, 15) is 13.2 Å². The molecule has 2 N–H and O–H groups in total. The highest BCUT2D eigenvalue weighted by Gasteiger charge is 2.40. The van der Waals surface area contributed by atoms with Gasteiger partial charge in [0.25, 0.3) is 0 Å². The Morgan fingerprint density at radius 2 is 1.86 bits per heavy atom. The first kappa shape index (κ1) is 16.7. The third kappa shape index (κ3) is 3.96. The number of sulfonamides is 1. The number of carbonyl (C=O) groups is 1. The Balaban J connectivity index is 2.03. The maximum absolute atomic E-state index is 12.8. The molecule has 0 aromatic carbocycles. The molecule has 2 aliphatic rings. The molecule has 2 unspecified atom stereocenters. The second-order valence-corrected chi connectivity index (χ2v) is 8.63. The van der Waals surface area contributed by atoms with Crippen molar-refractivity contribution in [2.24, 2.45) is 11.7 Å². The van der Waals surface area contributed by atoms with Gasteiger partial charge in [-0.1, -0.05) is 12.8 Å². The van der Waals surface area contributed by atoms with Crippen molar-refractivity contribution in [1.82, 2.24) is 9.21 Å². The molecule has 6 nitrogen and oxygen atoms in total. The van der Waals surface area contributed by atoms with Crippen LogP contribution in [-0.4, -0.2) is 61.5 Å². The Bertz CT molecular complexity index is 490. The summed E-state index contributed by atoms with van der Waals surface area (Å²) >= 11 is 0. The van der Waals surface area contributed by atoms with E-state index in [1.54, 1.807) is 0 Å². The van der Waals surface area contributed by atoms with Crippen molar-refractivity contribution < 1.29 is 13.2 Å². The maximum Gasteiger partial charge on any atom is 0.227 e. The van der Waals surface area contributed by atoms with Gasteiger partial charge >= 0.3 is 0 Å². The number of nitrogens with two attached hydrogens (primary N) is 1. The number of rotatable bonds is 2. The van der Waals surface area contributed by atoms with Crippen LogP contribution < -0.4 is 5.73 Å². The van der Waals surface area contributed by atoms with Gasteiger partial charge < -0.3 is 10.6 Å². The average Bonchev–Trinajstić information content (AvgIpc) is 2.62. The standard InChI is InChI=1S/C14H27N3O3S/c1-14(15)7-4-3-6-12(14)13(18)16-8-5-9-17(11-10-16)21(2,19)20/h12H,3-11,15H2,1-2H3. The van der Waals surface area contributed by atoms with Crippen molar-refractivity contribution in [1.29, 1.82) is 0 Å². The Hall–Kier alpha value is -0.660. The molecule has 0 aromatic rings. The van der Waals surface area contributed by atoms with Gasteiger partial charge in [0.1, 0.15) is 0 Å². The highest BCUT2D eigenvalue weighted by molar-refractivity contribution is 7.88. The number of hydrogen-bond acceptors (Lipinski definition) is 4. The van der Waals surface area contributed by atoms with Gasteiger partial charge in [-0.05, 0) is 26.2 Å². The fraction of sp³-hybridized carbons (Fsp3) is 0.929. The second kappa shape index (κ2) is 6.22. The molecule has 0 spiro atoms. The van der Waals surface area contributed by atoms with Gasteiger partial charge in [-0.25, -0.2) is 12.7 Å². The van der Waals surface area contributed by atoms with E-state index < -0.39 is 15.6 Å². The molecule has 1 aliphatic heterocycles. The number of carbonyl (C=O) groups excluding carboxylic acids is 1. The smallest absolute Gasteiger partial charge is 0.227 e. The molecule has 122 valence electrons. The van der Waals surface area contributed by atoms with Gasteiger partial charge in [-0.2, -0.15) is 0 Å². The zero-order valence-electron chi connectivity index (χ0n) is 13.0. The lowest BCUT2D eigenvalue weighted by molar-refractivity contribution is -0.138. The van der Waals surface area contributed by atoms with E-state index in [4.69, 9.17) is 5.73 Å². The lowest BCUT2D eigenvalue weighted by Gasteiger charge is -2.39. The van der Waals surface area contributed by atoms with Crippen LogP contribution >= 0.6 is 0 Å². The molecule has 7 heteroatoms. The van der Waals surface area contributed by atoms with Crippen LogP contribution in [0.4, 0.5) is 0 Å². The summed E-state index contributed by atoms with van der Waals surface area (Å²) in [6.45, 7) is 3.94. The SMILES string of the molecule is CC1(N)CCCCC1C(=O)N1CCCN(S(C)(=O)=O)CC1. The van der Waals surface area contributed by atoms with E-state index in [1.807, 2.05) is 11.8 Å². The Morgan fingerprint density at radius 1 is 1.14 bits per heavy atom. The number of amides is 1. The molecule has 0 bridgehead atoms. The molecule has 2 rings (SSSR count). The molecule has 2 fully saturated rings. The third-order valence-corrected chi connectivity index (χ3v) is 6.09. The summed E-state index contributed by atoms with van der Waals surface area (Å²) < 4.78 is 24.7. The van der Waals surface area contributed by atoms with Gasteiger partial charge in [0.05, 0.1) is 12.2 Å². The summed E-state index contributed by atoms with van der Waals surface area (Å²) in [7, 11) is -3.18. The van der Waals surface area contributed by atoms with Gasteiger partial charge in [0.2, 0.25) is 15.9 Å². The van der Waals surface area contributed by atoms with E-state index in [-0.39, 0.29) is 11.8 Å². The second-order valence-electron chi connectivity index (χ2n) is 6.65. The van der Waals surface area contributed by atoms with Crippen molar-refractivity contribution >= 4 is 15.9 Å². The Morgan fingerprint density at radius 3 is 2.48 bits per heavy atom. The fourth-order valence-corrected chi connectivity index (χ4v) is 4.30. The minimum Gasteiger partial charge on any atom is -0.341 e. The normalized spacial score (nSPS) is 32.7. The summed E-state index contributed by atoms with van der Waals surface area (Å²) in [6.07, 6.45) is 5.77. The zero-order valence-corrected chi connectivity index (χ0v) is 13.9. The third-order valence-electron chi connectivity index (χ3n) is 4.79. The van der Waals surface area contributed by atoms with Crippen LogP contribution in [0, 0.1) is 5.92 Å². The molecule has 21 heavy (non-hydrogen) atoms. The summed E-state index contributed by atoms with van der Waals surface area (Å²) in [4.78, 5) is 14.6. The minimum absolute atomic E-state index is 0.107. The van der Waals surface area contributed by atoms with Crippen molar-refractivity contribution in [3.05, 3.63) is 0 Å². The maximum atomic E-state index is 12.8. The predicted octanol–water partition coefficient (Wildman–Crippen LogP) is 0.388. The minimum atomic E-state index is -3.18. The molecular formula is C14H27N3O3S. The van der Waals surface area contributed by atoms with Crippen LogP contribution in [0.2, 0.25) is 0 Å². The summed E-state index contributed by atoms with van der Waals surface area (Å²) in [6, 6.07) is 0. The fourth-order valence-electron chi connectivity index (χ4n) is 3.43. The molecule has 1 amide bonds. The summed E-state index contributed by atoms with van der Waals surface area (Å²) in [5.74, 6) is -0.0221. The molecular weight excluding hydrogens is 290 g/mol. The summed E-state index contributed by atoms with van der Waals surface area (Å²) in [5, 5.41) is 0. The van der Waals surface area contributed by atoms with E-state index in [0.717, 1.165) is 25.7 Å². The Labute approximate surface area is 127 Å². The first-order valence-corrected chi connectivity index (χ1v) is 9.59. The average molecular weight is 317 g/mol. The molecule has 0 radical (unpaired) electrons. The van der Waals surface area contributed by atoms with Crippen LogP contribution in [0.15, 0.2) is 0 Å². The number of nitrogens with zero attached hydrogens (tertiary/aromatic N) is 2. The highest BCUT2D eigenvalue weighted by atomic mass is 32.2. The quantitative estimate of drug-likeness (QED) is 0.798. The van der Waals surface area contributed by atoms with E-state index in [2.05, 4.69) is 0 Å². The Kier molecular flexibility index (Phi) is 4.95. The van der Waals surface area contributed by atoms with Crippen LogP contribution in [0.25, 0.3) is 0 Å². The molecule has 1 heterocycles. The van der Waals surface area contributed by atoms with Gasteiger partial charge in [0.15, 0.2) is 0 Å². The van der Waals surface area contributed by atoms with Gasteiger partial charge in [0, 0.05) is 31.7 Å². The zero-order chi connectivity index (χ0) is 15.7. The van der Waals surface area contributed by atoms with Crippen molar-refractivity contribution in [2.45, 2.75) is 44.6 Å². The van der Waals surface area contributed by atoms with E-state index in [1.165, 1.54) is 10.6 Å². The predicted molar refractivity (Wildman–Crippen MR) is 82.2 cm³/mol. The lowest BCUT2D eigenvalue weighted by Crippen LogP contribution is -2.54. The lowest BCUT2D eigenvalue weighted by atomic mass is 9.74. The van der Waals surface area contributed by atoms with Crippen LogP contribution in [0.1, 0.15) is 39.0 Å². The largest absolute Gasteiger partial charge is 0.341 e. The monoisotopic (exact) mass is 317 g/mol. The van der Waals surface area contributed by atoms with Crippen LogP contribution in [0.5, 0.6) is 0 Å². The van der Waals surface area contributed by atoms with Crippen LogP contribution in [-0.2, 0) is 14.8 Å². The molecule has 0 aromatic heterocycles.